The van der Waals surface area contributed by atoms with Crippen LogP contribution in [-0.2, 0) is 0 Å². The van der Waals surface area contributed by atoms with Crippen molar-refractivity contribution in [2.24, 2.45) is 0 Å². The molecule has 0 spiro atoms. The number of halogens is 1. The second kappa shape index (κ2) is 2.89. The minimum atomic E-state index is -0.833. The van der Waals surface area contributed by atoms with E-state index in [1.54, 1.807) is 6.66 Å². The molecule has 32 valence electrons. The van der Waals surface area contributed by atoms with Gasteiger partial charge in [0.25, 0.3) is 0 Å². The van der Waals surface area contributed by atoms with E-state index >= 15 is 0 Å². The maximum absolute atomic E-state index is 8.29. The van der Waals surface area contributed by atoms with Crippen molar-refractivity contribution >= 4 is 19.7 Å². The molecule has 0 amide bonds. The molecule has 1 atom stereocenters. The fourth-order valence-electron chi connectivity index (χ4n) is 0. The minimum absolute atomic E-state index is 0.398. The summed E-state index contributed by atoms with van der Waals surface area (Å²) < 4.78 is 0. The molecule has 0 bridgehead atoms. The largest absolute Gasteiger partial charge is 0.373 e. The Labute approximate surface area is 37.8 Å². The predicted molar refractivity (Wildman–Crippen MR) is 25.8 cm³/mol. The highest BCUT2D eigenvalue weighted by Crippen LogP contribution is 2.23. The Balaban J connectivity index is 2.54. The van der Waals surface area contributed by atoms with Gasteiger partial charge in [0.15, 0.2) is 0 Å². The molecule has 0 aliphatic rings. The zero-order valence-corrected chi connectivity index (χ0v) is 4.63. The fraction of sp³-hybridized carbons (Fsp3) is 1.00. The number of rotatable bonds is 1. The standard InChI is InChI=1S/C2H6ClOP/c1-5(4)2-3/h4H,2H2,1H3. The van der Waals surface area contributed by atoms with Gasteiger partial charge in [-0.1, -0.05) is 0 Å². The van der Waals surface area contributed by atoms with Crippen LogP contribution >= 0.6 is 19.7 Å². The molecule has 0 saturated carbocycles. The Kier molecular flexibility index (Phi) is 3.29. The minimum Gasteiger partial charge on any atom is -0.373 e. The lowest BCUT2D eigenvalue weighted by molar-refractivity contribution is 0.635. The summed E-state index contributed by atoms with van der Waals surface area (Å²) >= 11 is 5.12. The van der Waals surface area contributed by atoms with Gasteiger partial charge in [-0.25, -0.2) is 0 Å². The van der Waals surface area contributed by atoms with E-state index < -0.39 is 8.15 Å². The van der Waals surface area contributed by atoms with E-state index in [0.29, 0.717) is 5.62 Å². The first-order valence-corrected chi connectivity index (χ1v) is 3.69. The molecule has 0 aliphatic heterocycles. The van der Waals surface area contributed by atoms with Crippen LogP contribution in [0.3, 0.4) is 0 Å². The molecule has 0 aliphatic carbocycles. The SMILES string of the molecule is CP(O)CCl. The van der Waals surface area contributed by atoms with Crippen LogP contribution in [0.5, 0.6) is 0 Å². The second-order valence-electron chi connectivity index (χ2n) is 0.777. The molecule has 1 unspecified atom stereocenters. The highest BCUT2D eigenvalue weighted by atomic mass is 35.5. The van der Waals surface area contributed by atoms with Crippen molar-refractivity contribution in [2.45, 2.75) is 0 Å². The highest BCUT2D eigenvalue weighted by molar-refractivity contribution is 7.52. The van der Waals surface area contributed by atoms with Gasteiger partial charge in [-0.15, -0.1) is 11.6 Å². The summed E-state index contributed by atoms with van der Waals surface area (Å²) in [6.07, 6.45) is 0. The van der Waals surface area contributed by atoms with Crippen LogP contribution in [0.15, 0.2) is 0 Å². The summed E-state index contributed by atoms with van der Waals surface area (Å²) in [4.78, 5) is 8.29. The van der Waals surface area contributed by atoms with Gasteiger partial charge in [0.1, 0.15) is 0 Å². The molecule has 5 heavy (non-hydrogen) atoms. The summed E-state index contributed by atoms with van der Waals surface area (Å²) in [7, 11) is -0.833. The number of alkyl halides is 1. The lowest BCUT2D eigenvalue weighted by atomic mass is 11.9. The molecule has 3 heteroatoms. The van der Waals surface area contributed by atoms with Crippen molar-refractivity contribution in [2.75, 3.05) is 12.3 Å². The van der Waals surface area contributed by atoms with E-state index in [-0.39, 0.29) is 0 Å². The molecule has 0 aromatic heterocycles. The fourth-order valence-corrected chi connectivity index (χ4v) is 0. The zero-order valence-electron chi connectivity index (χ0n) is 2.98. The van der Waals surface area contributed by atoms with Crippen LogP contribution in [0.4, 0.5) is 0 Å². The predicted octanol–water partition coefficient (Wildman–Crippen LogP) is 1.20. The quantitative estimate of drug-likeness (QED) is 0.399. The molecular formula is C2H6ClOP. The van der Waals surface area contributed by atoms with Gasteiger partial charge in [0, 0.05) is 8.15 Å². The van der Waals surface area contributed by atoms with Crippen molar-refractivity contribution in [1.29, 1.82) is 0 Å². The van der Waals surface area contributed by atoms with E-state index in [9.17, 15) is 0 Å². The van der Waals surface area contributed by atoms with Crippen LogP contribution in [0.2, 0.25) is 0 Å². The van der Waals surface area contributed by atoms with E-state index in [4.69, 9.17) is 16.5 Å². The molecule has 0 heterocycles. The first-order valence-electron chi connectivity index (χ1n) is 1.23. The van der Waals surface area contributed by atoms with Crippen molar-refractivity contribution in [3.05, 3.63) is 0 Å². The Morgan fingerprint density at radius 1 is 2.00 bits per heavy atom. The summed E-state index contributed by atoms with van der Waals surface area (Å²) in [5.41, 5.74) is 0.398. The normalized spacial score (nSPS) is 15.0. The van der Waals surface area contributed by atoms with Crippen molar-refractivity contribution in [3.8, 4) is 0 Å². The molecule has 0 aromatic rings. The lowest BCUT2D eigenvalue weighted by Crippen LogP contribution is -1.62. The average molecular weight is 112 g/mol. The smallest absolute Gasteiger partial charge is 0.0662 e. The Morgan fingerprint density at radius 2 is 2.20 bits per heavy atom. The van der Waals surface area contributed by atoms with Gasteiger partial charge in [-0.05, 0) is 6.66 Å². The van der Waals surface area contributed by atoms with Gasteiger partial charge in [0.2, 0.25) is 0 Å². The van der Waals surface area contributed by atoms with Crippen LogP contribution in [0, 0.1) is 0 Å². The van der Waals surface area contributed by atoms with Gasteiger partial charge in [-0.2, -0.15) is 0 Å². The topological polar surface area (TPSA) is 20.2 Å². The van der Waals surface area contributed by atoms with Gasteiger partial charge in [0.05, 0.1) is 5.62 Å². The maximum atomic E-state index is 8.29. The van der Waals surface area contributed by atoms with E-state index in [2.05, 4.69) is 0 Å². The molecule has 0 saturated heterocycles. The van der Waals surface area contributed by atoms with E-state index in [1.807, 2.05) is 0 Å². The second-order valence-corrected chi connectivity index (χ2v) is 3.05. The van der Waals surface area contributed by atoms with Gasteiger partial charge >= 0.3 is 0 Å². The summed E-state index contributed by atoms with van der Waals surface area (Å²) in [5, 5.41) is 0. The number of hydrogen-bond acceptors (Lipinski definition) is 1. The van der Waals surface area contributed by atoms with Gasteiger partial charge < -0.3 is 4.89 Å². The van der Waals surface area contributed by atoms with E-state index in [0.717, 1.165) is 0 Å². The average Bonchev–Trinajstić information content (AvgIpc) is 1.38. The van der Waals surface area contributed by atoms with Crippen LogP contribution < -0.4 is 0 Å². The first-order chi connectivity index (χ1) is 2.27. The maximum Gasteiger partial charge on any atom is 0.0662 e. The summed E-state index contributed by atoms with van der Waals surface area (Å²) in [6, 6.07) is 0. The van der Waals surface area contributed by atoms with Crippen LogP contribution in [-0.4, -0.2) is 17.2 Å². The van der Waals surface area contributed by atoms with Crippen molar-refractivity contribution in [1.82, 2.24) is 0 Å². The molecule has 0 aromatic carbocycles. The highest BCUT2D eigenvalue weighted by Gasteiger charge is 1.83. The van der Waals surface area contributed by atoms with E-state index in [1.165, 1.54) is 0 Å². The molecule has 0 fully saturated rings. The molecule has 1 nitrogen and oxygen atoms in total. The summed E-state index contributed by atoms with van der Waals surface area (Å²) in [6.45, 7) is 1.71. The number of hydrogen-bond donors (Lipinski definition) is 1. The third-order valence-corrected chi connectivity index (χ3v) is 1.56. The summed E-state index contributed by atoms with van der Waals surface area (Å²) in [5.74, 6) is 0. The molecule has 0 rings (SSSR count). The molecule has 0 radical (unpaired) electrons. The van der Waals surface area contributed by atoms with Crippen molar-refractivity contribution in [3.63, 3.8) is 0 Å². The van der Waals surface area contributed by atoms with Crippen LogP contribution in [0.25, 0.3) is 0 Å². The Hall–Kier alpha value is 0.680. The monoisotopic (exact) mass is 112 g/mol. The third-order valence-electron chi connectivity index (χ3n) is 0.173. The molecular weight excluding hydrogens is 106 g/mol. The van der Waals surface area contributed by atoms with Gasteiger partial charge in [-0.3, -0.25) is 0 Å². The zero-order chi connectivity index (χ0) is 4.28. The third kappa shape index (κ3) is 4.68. The van der Waals surface area contributed by atoms with Crippen molar-refractivity contribution < 1.29 is 4.89 Å². The Morgan fingerprint density at radius 3 is 2.20 bits per heavy atom. The Bertz CT molecular complexity index is 23.6. The van der Waals surface area contributed by atoms with Crippen LogP contribution in [0.1, 0.15) is 0 Å². The molecule has 1 N–H and O–H groups in total. The first kappa shape index (κ1) is 5.68. The lowest BCUT2D eigenvalue weighted by Gasteiger charge is -1.88.